The summed E-state index contributed by atoms with van der Waals surface area (Å²) in [7, 11) is 0. The third kappa shape index (κ3) is 3.01. The molecule has 0 saturated carbocycles. The number of nitrogens with one attached hydrogen (secondary N) is 1. The molecule has 0 fully saturated rings. The number of alkyl halides is 1. The maximum Gasteiger partial charge on any atom is 0.248 e. The van der Waals surface area contributed by atoms with Crippen LogP contribution in [0.2, 0.25) is 0 Å². The second-order valence-corrected chi connectivity index (χ2v) is 3.81. The lowest BCUT2D eigenvalue weighted by atomic mass is 10.1. The van der Waals surface area contributed by atoms with Crippen LogP contribution in [0.5, 0.6) is 0 Å². The monoisotopic (exact) mass is 247 g/mol. The number of carbonyl (C=O) groups is 1. The topological polar surface area (TPSA) is 54.9 Å². The third-order valence-electron chi connectivity index (χ3n) is 2.15. The summed E-state index contributed by atoms with van der Waals surface area (Å²) in [5.74, 6) is 0.0671. The van der Waals surface area contributed by atoms with Gasteiger partial charge in [0.25, 0.3) is 0 Å². The molecule has 0 saturated heterocycles. The van der Waals surface area contributed by atoms with Crippen LogP contribution >= 0.6 is 11.6 Å². The van der Waals surface area contributed by atoms with E-state index in [4.69, 9.17) is 11.6 Å². The highest BCUT2D eigenvalue weighted by molar-refractivity contribution is 6.32. The van der Waals surface area contributed by atoms with Gasteiger partial charge in [-0.3, -0.25) is 4.79 Å². The minimum Gasteiger partial charge on any atom is -0.308 e. The van der Waals surface area contributed by atoms with E-state index in [1.807, 2.05) is 18.2 Å². The fraction of sp³-hybridized carbons (Fsp3) is 0.0833. The molecule has 1 atom stereocenters. The van der Waals surface area contributed by atoms with E-state index in [0.29, 0.717) is 5.82 Å². The summed E-state index contributed by atoms with van der Waals surface area (Å²) in [4.78, 5) is 11.8. The average Bonchev–Trinajstić information content (AvgIpc) is 2.40. The SMILES string of the molecule is O=C(Nc1cccnn1)C(Cl)c1ccccc1. The Morgan fingerprint density at radius 1 is 1.18 bits per heavy atom. The van der Waals surface area contributed by atoms with Crippen molar-refractivity contribution >= 4 is 23.3 Å². The lowest BCUT2D eigenvalue weighted by Crippen LogP contribution is -2.18. The van der Waals surface area contributed by atoms with Crippen molar-refractivity contribution in [3.05, 3.63) is 54.2 Å². The Morgan fingerprint density at radius 3 is 2.59 bits per heavy atom. The summed E-state index contributed by atoms with van der Waals surface area (Å²) in [6.45, 7) is 0. The maximum absolute atomic E-state index is 11.8. The molecule has 1 amide bonds. The van der Waals surface area contributed by atoms with Gasteiger partial charge >= 0.3 is 0 Å². The number of carbonyl (C=O) groups excluding carboxylic acids is 1. The first-order chi connectivity index (χ1) is 8.27. The van der Waals surface area contributed by atoms with Gasteiger partial charge in [-0.25, -0.2) is 0 Å². The van der Waals surface area contributed by atoms with Crippen molar-refractivity contribution in [2.24, 2.45) is 0 Å². The molecule has 5 heteroatoms. The van der Waals surface area contributed by atoms with E-state index in [0.717, 1.165) is 5.56 Å². The second kappa shape index (κ2) is 5.41. The van der Waals surface area contributed by atoms with Crippen molar-refractivity contribution in [1.29, 1.82) is 0 Å². The first-order valence-corrected chi connectivity index (χ1v) is 5.48. The molecule has 4 nitrogen and oxygen atoms in total. The Hall–Kier alpha value is -1.94. The fourth-order valence-corrected chi connectivity index (χ4v) is 1.53. The van der Waals surface area contributed by atoms with Gasteiger partial charge in [0, 0.05) is 6.20 Å². The molecule has 17 heavy (non-hydrogen) atoms. The van der Waals surface area contributed by atoms with Crippen LogP contribution < -0.4 is 5.32 Å². The average molecular weight is 248 g/mol. The number of halogens is 1. The minimum absolute atomic E-state index is 0.321. The van der Waals surface area contributed by atoms with Gasteiger partial charge in [-0.1, -0.05) is 30.3 Å². The standard InChI is InChI=1S/C12H10ClN3O/c13-11(9-5-2-1-3-6-9)12(17)15-10-7-4-8-14-16-10/h1-8,11H,(H,15,16,17). The zero-order valence-corrected chi connectivity index (χ0v) is 9.63. The van der Waals surface area contributed by atoms with Crippen LogP contribution in [0.3, 0.4) is 0 Å². The first-order valence-electron chi connectivity index (χ1n) is 5.05. The molecule has 86 valence electrons. The number of nitrogens with zero attached hydrogens (tertiary/aromatic N) is 2. The van der Waals surface area contributed by atoms with Crippen molar-refractivity contribution in [1.82, 2.24) is 10.2 Å². The summed E-state index contributed by atoms with van der Waals surface area (Å²) < 4.78 is 0. The Morgan fingerprint density at radius 2 is 1.94 bits per heavy atom. The molecule has 1 unspecified atom stereocenters. The lowest BCUT2D eigenvalue weighted by molar-refractivity contribution is -0.116. The van der Waals surface area contributed by atoms with Crippen LogP contribution in [0.1, 0.15) is 10.9 Å². The van der Waals surface area contributed by atoms with Crippen molar-refractivity contribution in [2.45, 2.75) is 5.38 Å². The predicted molar refractivity (Wildman–Crippen MR) is 65.7 cm³/mol. The number of hydrogen-bond donors (Lipinski definition) is 1. The quantitative estimate of drug-likeness (QED) is 0.848. The summed E-state index contributed by atoms with van der Waals surface area (Å²) in [5.41, 5.74) is 0.746. The Kier molecular flexibility index (Phi) is 3.67. The number of amides is 1. The molecule has 2 aromatic rings. The highest BCUT2D eigenvalue weighted by atomic mass is 35.5. The first kappa shape index (κ1) is 11.5. The largest absolute Gasteiger partial charge is 0.308 e. The van der Waals surface area contributed by atoms with Crippen molar-refractivity contribution in [2.75, 3.05) is 5.32 Å². The van der Waals surface area contributed by atoms with Crippen LogP contribution in [0.15, 0.2) is 48.7 Å². The molecule has 0 radical (unpaired) electrons. The van der Waals surface area contributed by atoms with E-state index >= 15 is 0 Å². The smallest absolute Gasteiger partial charge is 0.248 e. The van der Waals surface area contributed by atoms with E-state index in [-0.39, 0.29) is 5.91 Å². The fourth-order valence-electron chi connectivity index (χ4n) is 1.33. The van der Waals surface area contributed by atoms with Gasteiger partial charge in [-0.15, -0.1) is 16.7 Å². The van der Waals surface area contributed by atoms with Crippen molar-refractivity contribution < 1.29 is 4.79 Å². The molecular formula is C12H10ClN3O. The van der Waals surface area contributed by atoms with Gasteiger partial charge in [0.2, 0.25) is 5.91 Å². The molecule has 2 rings (SSSR count). The third-order valence-corrected chi connectivity index (χ3v) is 2.60. The summed E-state index contributed by atoms with van der Waals surface area (Å²) in [6.07, 6.45) is 1.53. The molecular weight excluding hydrogens is 238 g/mol. The molecule has 0 bridgehead atoms. The predicted octanol–water partition coefficient (Wildman–Crippen LogP) is 2.40. The Balaban J connectivity index is 2.06. The van der Waals surface area contributed by atoms with Gasteiger partial charge in [0.1, 0.15) is 5.38 Å². The van der Waals surface area contributed by atoms with Crippen molar-refractivity contribution in [3.8, 4) is 0 Å². The number of aromatic nitrogens is 2. The Labute approximate surface area is 104 Å². The summed E-state index contributed by atoms with van der Waals surface area (Å²) >= 11 is 6.05. The van der Waals surface area contributed by atoms with E-state index in [9.17, 15) is 4.79 Å². The zero-order chi connectivity index (χ0) is 12.1. The van der Waals surface area contributed by atoms with E-state index < -0.39 is 5.38 Å². The lowest BCUT2D eigenvalue weighted by Gasteiger charge is -2.09. The van der Waals surface area contributed by atoms with Gasteiger partial charge < -0.3 is 5.32 Å². The molecule has 1 N–H and O–H groups in total. The van der Waals surface area contributed by atoms with Gasteiger partial charge in [0.05, 0.1) is 0 Å². The van der Waals surface area contributed by atoms with E-state index in [1.54, 1.807) is 24.3 Å². The van der Waals surface area contributed by atoms with E-state index in [1.165, 1.54) is 6.20 Å². The Bertz CT molecular complexity index is 490. The highest BCUT2D eigenvalue weighted by Crippen LogP contribution is 2.21. The number of rotatable bonds is 3. The number of hydrogen-bond acceptors (Lipinski definition) is 3. The molecule has 1 aromatic carbocycles. The van der Waals surface area contributed by atoms with Gasteiger partial charge in [-0.05, 0) is 17.7 Å². The molecule has 0 aliphatic rings. The molecule has 1 heterocycles. The van der Waals surface area contributed by atoms with Crippen LogP contribution in [0.4, 0.5) is 5.82 Å². The molecule has 1 aromatic heterocycles. The van der Waals surface area contributed by atoms with Gasteiger partial charge in [-0.2, -0.15) is 5.10 Å². The normalized spacial score (nSPS) is 11.8. The van der Waals surface area contributed by atoms with Crippen LogP contribution in [-0.4, -0.2) is 16.1 Å². The zero-order valence-electron chi connectivity index (χ0n) is 8.88. The van der Waals surface area contributed by atoms with Crippen molar-refractivity contribution in [3.63, 3.8) is 0 Å². The summed E-state index contributed by atoms with van der Waals surface area (Å²) in [5, 5.41) is 9.27. The second-order valence-electron chi connectivity index (χ2n) is 3.37. The molecule has 0 aliphatic carbocycles. The van der Waals surface area contributed by atoms with E-state index in [2.05, 4.69) is 15.5 Å². The summed E-state index contributed by atoms with van der Waals surface area (Å²) in [6, 6.07) is 12.5. The van der Waals surface area contributed by atoms with Crippen LogP contribution in [0, 0.1) is 0 Å². The van der Waals surface area contributed by atoms with Crippen LogP contribution in [0.25, 0.3) is 0 Å². The van der Waals surface area contributed by atoms with Gasteiger partial charge in [0.15, 0.2) is 5.82 Å². The van der Waals surface area contributed by atoms with Crippen LogP contribution in [-0.2, 0) is 4.79 Å². The highest BCUT2D eigenvalue weighted by Gasteiger charge is 2.17. The maximum atomic E-state index is 11.8. The number of anilines is 1. The minimum atomic E-state index is -0.738. The number of benzene rings is 1. The molecule has 0 spiro atoms. The molecule has 0 aliphatic heterocycles.